The molecule has 6 heteroatoms. The van der Waals surface area contributed by atoms with E-state index < -0.39 is 0 Å². The molecule has 0 N–H and O–H groups in total. The average molecular weight is 317 g/mol. The first-order valence-electron chi connectivity index (χ1n) is 8.04. The lowest BCUT2D eigenvalue weighted by molar-refractivity contribution is 0.0699. The van der Waals surface area contributed by atoms with Crippen molar-refractivity contribution in [2.75, 3.05) is 13.7 Å². The number of aryl methyl sites for hydroxylation is 3. The van der Waals surface area contributed by atoms with E-state index in [1.807, 2.05) is 31.9 Å². The van der Waals surface area contributed by atoms with Gasteiger partial charge in [-0.3, -0.25) is 4.79 Å². The minimum Gasteiger partial charge on any atom is -0.481 e. The third-order valence-corrected chi connectivity index (χ3v) is 4.48. The second-order valence-electron chi connectivity index (χ2n) is 5.91. The summed E-state index contributed by atoms with van der Waals surface area (Å²) in [7, 11) is 3.50. The van der Waals surface area contributed by atoms with Gasteiger partial charge in [-0.05, 0) is 31.9 Å². The first-order valence-corrected chi connectivity index (χ1v) is 8.04. The zero-order valence-corrected chi connectivity index (χ0v) is 14.1. The molecule has 3 heterocycles. The van der Waals surface area contributed by atoms with E-state index in [1.165, 1.54) is 0 Å². The van der Waals surface area contributed by atoms with Crippen LogP contribution in [-0.2, 0) is 13.5 Å². The molecule has 0 saturated carbocycles. The molecule has 1 atom stereocenters. The van der Waals surface area contributed by atoms with Gasteiger partial charge in [-0.25, -0.2) is 4.68 Å². The van der Waals surface area contributed by atoms with Gasteiger partial charge in [0, 0.05) is 20.0 Å². The molecular formula is C17H23N3O3. The van der Waals surface area contributed by atoms with E-state index >= 15 is 0 Å². The van der Waals surface area contributed by atoms with E-state index in [4.69, 9.17) is 9.15 Å². The zero-order valence-electron chi connectivity index (χ0n) is 14.1. The van der Waals surface area contributed by atoms with Crippen LogP contribution in [0.2, 0.25) is 0 Å². The van der Waals surface area contributed by atoms with Gasteiger partial charge in [-0.2, -0.15) is 5.10 Å². The molecule has 6 nitrogen and oxygen atoms in total. The molecule has 2 aromatic rings. The summed E-state index contributed by atoms with van der Waals surface area (Å²) in [4.78, 5) is 14.7. The van der Waals surface area contributed by atoms with E-state index in [0.717, 1.165) is 48.7 Å². The SMILES string of the molecule is CCc1ccc(C(=O)N2CCC[C@@H]2c2c(C)nn(C)c2OC)o1. The molecule has 2 aromatic heterocycles. The summed E-state index contributed by atoms with van der Waals surface area (Å²) in [6.45, 7) is 4.69. The maximum atomic E-state index is 12.8. The highest BCUT2D eigenvalue weighted by Crippen LogP contribution is 2.39. The maximum absolute atomic E-state index is 12.8. The van der Waals surface area contributed by atoms with Gasteiger partial charge in [0.2, 0.25) is 5.88 Å². The number of carbonyl (C=O) groups is 1. The van der Waals surface area contributed by atoms with Gasteiger partial charge in [-0.15, -0.1) is 0 Å². The number of aromatic nitrogens is 2. The summed E-state index contributed by atoms with van der Waals surface area (Å²) in [5.41, 5.74) is 1.91. The van der Waals surface area contributed by atoms with Gasteiger partial charge in [-0.1, -0.05) is 6.92 Å². The van der Waals surface area contributed by atoms with Gasteiger partial charge < -0.3 is 14.1 Å². The Bertz CT molecular complexity index is 717. The van der Waals surface area contributed by atoms with Crippen molar-refractivity contribution >= 4 is 5.91 Å². The third kappa shape index (κ3) is 2.62. The van der Waals surface area contributed by atoms with Gasteiger partial charge >= 0.3 is 0 Å². The van der Waals surface area contributed by atoms with Crippen molar-refractivity contribution in [3.05, 3.63) is 34.9 Å². The number of nitrogens with zero attached hydrogens (tertiary/aromatic N) is 3. The maximum Gasteiger partial charge on any atom is 0.290 e. The molecule has 1 amide bonds. The molecule has 1 fully saturated rings. The van der Waals surface area contributed by atoms with E-state index in [0.29, 0.717) is 5.76 Å². The second-order valence-corrected chi connectivity index (χ2v) is 5.91. The molecule has 1 aliphatic rings. The second kappa shape index (κ2) is 6.10. The van der Waals surface area contributed by atoms with Crippen LogP contribution in [-0.4, -0.2) is 34.2 Å². The Hall–Kier alpha value is -2.24. The normalized spacial score (nSPS) is 17.7. The molecule has 0 aliphatic carbocycles. The van der Waals surface area contributed by atoms with Crippen LogP contribution >= 0.6 is 0 Å². The van der Waals surface area contributed by atoms with Crippen molar-refractivity contribution in [1.29, 1.82) is 0 Å². The zero-order chi connectivity index (χ0) is 16.6. The Morgan fingerprint density at radius 3 is 2.91 bits per heavy atom. The standard InChI is InChI=1S/C17H23N3O3/c1-5-12-8-9-14(23-12)16(21)20-10-6-7-13(20)15-11(2)18-19(3)17(15)22-4/h8-9,13H,5-7,10H2,1-4H3/t13-/m1/s1. The van der Waals surface area contributed by atoms with E-state index in [-0.39, 0.29) is 11.9 Å². The van der Waals surface area contributed by atoms with Crippen molar-refractivity contribution in [2.24, 2.45) is 7.05 Å². The summed E-state index contributed by atoms with van der Waals surface area (Å²) in [5, 5.41) is 4.44. The summed E-state index contributed by atoms with van der Waals surface area (Å²) in [6, 6.07) is 3.62. The van der Waals surface area contributed by atoms with Crippen LogP contribution in [0.15, 0.2) is 16.5 Å². The lowest BCUT2D eigenvalue weighted by Gasteiger charge is -2.24. The van der Waals surface area contributed by atoms with Crippen molar-refractivity contribution in [1.82, 2.24) is 14.7 Å². The lowest BCUT2D eigenvalue weighted by atomic mass is 10.0. The Kier molecular flexibility index (Phi) is 4.15. The molecule has 1 aliphatic heterocycles. The van der Waals surface area contributed by atoms with E-state index in [1.54, 1.807) is 17.9 Å². The fourth-order valence-electron chi connectivity index (χ4n) is 3.41. The number of ether oxygens (including phenoxy) is 1. The minimum atomic E-state index is -0.0579. The highest BCUT2D eigenvalue weighted by molar-refractivity contribution is 5.92. The van der Waals surface area contributed by atoms with Crippen LogP contribution in [0.4, 0.5) is 0 Å². The van der Waals surface area contributed by atoms with Gasteiger partial charge in [0.05, 0.1) is 24.4 Å². The van der Waals surface area contributed by atoms with Crippen molar-refractivity contribution in [3.8, 4) is 5.88 Å². The quantitative estimate of drug-likeness (QED) is 0.870. The first-order chi connectivity index (χ1) is 11.1. The molecular weight excluding hydrogens is 294 g/mol. The first kappa shape index (κ1) is 15.6. The summed E-state index contributed by atoms with van der Waals surface area (Å²) in [5.74, 6) is 1.91. The lowest BCUT2D eigenvalue weighted by Crippen LogP contribution is -2.30. The number of likely N-dealkylation sites (tertiary alicyclic amines) is 1. The average Bonchev–Trinajstić information content (AvgIpc) is 3.24. The Morgan fingerprint density at radius 1 is 1.48 bits per heavy atom. The molecule has 0 aromatic carbocycles. The van der Waals surface area contributed by atoms with Crippen molar-refractivity contribution in [2.45, 2.75) is 39.2 Å². The summed E-state index contributed by atoms with van der Waals surface area (Å²) < 4.78 is 12.9. The number of hydrogen-bond donors (Lipinski definition) is 0. The number of carbonyl (C=O) groups excluding carboxylic acids is 1. The smallest absolute Gasteiger partial charge is 0.290 e. The molecule has 23 heavy (non-hydrogen) atoms. The van der Waals surface area contributed by atoms with Crippen LogP contribution in [0.5, 0.6) is 5.88 Å². The highest BCUT2D eigenvalue weighted by Gasteiger charge is 2.36. The minimum absolute atomic E-state index is 0.0127. The Balaban J connectivity index is 1.93. The van der Waals surface area contributed by atoms with Gasteiger partial charge in [0.25, 0.3) is 5.91 Å². The largest absolute Gasteiger partial charge is 0.481 e. The van der Waals surface area contributed by atoms with Crippen molar-refractivity contribution < 1.29 is 13.9 Å². The van der Waals surface area contributed by atoms with Crippen LogP contribution in [0.1, 0.15) is 53.4 Å². The molecule has 0 unspecified atom stereocenters. The van der Waals surface area contributed by atoms with E-state index in [9.17, 15) is 4.79 Å². The Morgan fingerprint density at radius 2 is 2.26 bits per heavy atom. The molecule has 0 spiro atoms. The van der Waals surface area contributed by atoms with Crippen LogP contribution in [0, 0.1) is 6.92 Å². The molecule has 0 radical (unpaired) electrons. The van der Waals surface area contributed by atoms with Gasteiger partial charge in [0.15, 0.2) is 5.76 Å². The third-order valence-electron chi connectivity index (χ3n) is 4.48. The fraction of sp³-hybridized carbons (Fsp3) is 0.529. The molecule has 3 rings (SSSR count). The summed E-state index contributed by atoms with van der Waals surface area (Å²) in [6.07, 6.45) is 2.66. The predicted molar refractivity (Wildman–Crippen MR) is 85.6 cm³/mol. The fourth-order valence-corrected chi connectivity index (χ4v) is 3.41. The van der Waals surface area contributed by atoms with Gasteiger partial charge in [0.1, 0.15) is 5.76 Å². The molecule has 124 valence electrons. The number of rotatable bonds is 4. The van der Waals surface area contributed by atoms with Crippen LogP contribution in [0.3, 0.4) is 0 Å². The molecule has 1 saturated heterocycles. The Labute approximate surface area is 136 Å². The van der Waals surface area contributed by atoms with Crippen LogP contribution < -0.4 is 4.74 Å². The summed E-state index contributed by atoms with van der Waals surface area (Å²) >= 11 is 0. The highest BCUT2D eigenvalue weighted by atomic mass is 16.5. The number of hydrogen-bond acceptors (Lipinski definition) is 4. The number of furan rings is 1. The van der Waals surface area contributed by atoms with Crippen LogP contribution in [0.25, 0.3) is 0 Å². The topological polar surface area (TPSA) is 60.5 Å². The number of amides is 1. The molecule has 0 bridgehead atoms. The monoisotopic (exact) mass is 317 g/mol. The number of methoxy groups -OCH3 is 1. The predicted octanol–water partition coefficient (Wildman–Crippen LogP) is 2.87. The van der Waals surface area contributed by atoms with Crippen molar-refractivity contribution in [3.63, 3.8) is 0 Å². The van der Waals surface area contributed by atoms with E-state index in [2.05, 4.69) is 5.10 Å².